The maximum Gasteiger partial charge on any atom is 0.266 e. The Labute approximate surface area is 120 Å². The Hall–Kier alpha value is -2.33. The van der Waals surface area contributed by atoms with E-state index < -0.39 is 0 Å². The fraction of sp³-hybridized carbons (Fsp3) is 0.0667. The molecule has 2 aromatic rings. The Morgan fingerprint density at radius 1 is 1.05 bits per heavy atom. The van der Waals surface area contributed by atoms with Gasteiger partial charge in [-0.15, -0.1) is 0 Å². The van der Waals surface area contributed by atoms with Crippen LogP contribution in [0.15, 0.2) is 36.4 Å². The maximum atomic E-state index is 12.4. The van der Waals surface area contributed by atoms with Crippen LogP contribution in [0.4, 0.5) is 11.4 Å². The molecule has 4 nitrogen and oxygen atoms in total. The Bertz CT molecular complexity index is 721. The number of hydrogen-bond donors (Lipinski definition) is 1. The highest BCUT2D eigenvalue weighted by molar-refractivity contribution is 6.36. The second-order valence-corrected chi connectivity index (χ2v) is 5.06. The molecule has 0 saturated heterocycles. The molecule has 0 radical (unpaired) electrons. The van der Waals surface area contributed by atoms with Crippen molar-refractivity contribution in [3.05, 3.63) is 58.1 Å². The summed E-state index contributed by atoms with van der Waals surface area (Å²) in [6.07, 6.45) is 0. The van der Waals surface area contributed by atoms with Crippen molar-refractivity contribution in [3.63, 3.8) is 0 Å². The first-order valence-corrected chi connectivity index (χ1v) is 6.42. The van der Waals surface area contributed by atoms with Crippen LogP contribution in [0.3, 0.4) is 0 Å². The summed E-state index contributed by atoms with van der Waals surface area (Å²) in [5.74, 6) is -0.677. The van der Waals surface area contributed by atoms with Gasteiger partial charge < -0.3 is 5.73 Å². The van der Waals surface area contributed by atoms with Gasteiger partial charge in [0.05, 0.1) is 27.5 Å². The summed E-state index contributed by atoms with van der Waals surface area (Å²) in [5.41, 5.74) is 8.15. The Morgan fingerprint density at radius 2 is 1.60 bits per heavy atom. The van der Waals surface area contributed by atoms with Crippen molar-refractivity contribution in [1.29, 1.82) is 0 Å². The topological polar surface area (TPSA) is 63.4 Å². The van der Waals surface area contributed by atoms with E-state index in [4.69, 9.17) is 17.3 Å². The number of nitrogens with zero attached hydrogens (tertiary/aromatic N) is 1. The number of carbonyl (C=O) groups excluding carboxylic acids is 2. The Morgan fingerprint density at radius 3 is 2.15 bits per heavy atom. The Kier molecular flexibility index (Phi) is 2.76. The van der Waals surface area contributed by atoms with Crippen LogP contribution in [-0.2, 0) is 0 Å². The normalized spacial score (nSPS) is 13.8. The van der Waals surface area contributed by atoms with E-state index >= 15 is 0 Å². The number of fused-ring (bicyclic) bond motifs is 1. The highest BCUT2D eigenvalue weighted by Crippen LogP contribution is 2.34. The first-order chi connectivity index (χ1) is 9.50. The van der Waals surface area contributed by atoms with E-state index in [1.54, 1.807) is 43.3 Å². The summed E-state index contributed by atoms with van der Waals surface area (Å²) < 4.78 is 0. The van der Waals surface area contributed by atoms with Crippen LogP contribution >= 0.6 is 11.6 Å². The minimum absolute atomic E-state index is 0.321. The lowest BCUT2D eigenvalue weighted by Crippen LogP contribution is -2.30. The van der Waals surface area contributed by atoms with Gasteiger partial charge in [-0.1, -0.05) is 23.7 Å². The average molecular weight is 287 g/mol. The van der Waals surface area contributed by atoms with Crippen molar-refractivity contribution < 1.29 is 9.59 Å². The van der Waals surface area contributed by atoms with Crippen molar-refractivity contribution in [2.75, 3.05) is 10.6 Å². The van der Waals surface area contributed by atoms with Crippen LogP contribution in [-0.4, -0.2) is 11.8 Å². The number of halogens is 1. The van der Waals surface area contributed by atoms with Gasteiger partial charge in [-0.2, -0.15) is 0 Å². The fourth-order valence-electron chi connectivity index (χ4n) is 2.34. The summed E-state index contributed by atoms with van der Waals surface area (Å²) in [6.45, 7) is 1.78. The zero-order valence-corrected chi connectivity index (χ0v) is 11.4. The smallest absolute Gasteiger partial charge is 0.266 e. The standard InChI is InChI=1S/C15H11ClN2O2/c1-8-6-12(17)11(16)7-13(8)18-14(19)9-4-2-3-5-10(9)15(18)20/h2-7H,17H2,1H3. The first-order valence-electron chi connectivity index (χ1n) is 6.04. The molecule has 0 bridgehead atoms. The monoisotopic (exact) mass is 286 g/mol. The van der Waals surface area contributed by atoms with Crippen molar-refractivity contribution in [2.24, 2.45) is 0 Å². The fourth-order valence-corrected chi connectivity index (χ4v) is 2.50. The number of aryl methyl sites for hydroxylation is 1. The van der Waals surface area contributed by atoms with E-state index in [9.17, 15) is 9.59 Å². The minimum Gasteiger partial charge on any atom is -0.398 e. The van der Waals surface area contributed by atoms with Gasteiger partial charge >= 0.3 is 0 Å². The average Bonchev–Trinajstić information content (AvgIpc) is 2.68. The first kappa shape index (κ1) is 12.7. The predicted octanol–water partition coefficient (Wildman–Crippen LogP) is 3.03. The molecule has 2 N–H and O–H groups in total. The molecule has 0 aliphatic carbocycles. The van der Waals surface area contributed by atoms with Crippen molar-refractivity contribution >= 4 is 34.8 Å². The third-order valence-electron chi connectivity index (χ3n) is 3.35. The van der Waals surface area contributed by atoms with Gasteiger partial charge in [-0.3, -0.25) is 9.59 Å². The summed E-state index contributed by atoms with van der Waals surface area (Å²) in [5, 5.41) is 0.321. The van der Waals surface area contributed by atoms with Crippen molar-refractivity contribution in [2.45, 2.75) is 6.92 Å². The number of nitrogens with two attached hydrogens (primary N) is 1. The molecule has 100 valence electrons. The molecule has 0 aromatic heterocycles. The molecule has 3 rings (SSSR count). The van der Waals surface area contributed by atoms with Gasteiger partial charge in [0.15, 0.2) is 0 Å². The molecular formula is C15H11ClN2O2. The Balaban J connectivity index is 2.17. The molecular weight excluding hydrogens is 276 g/mol. The molecule has 1 aliphatic heterocycles. The molecule has 2 amide bonds. The molecule has 0 unspecified atom stereocenters. The van der Waals surface area contributed by atoms with E-state index in [0.717, 1.165) is 10.5 Å². The number of anilines is 2. The molecule has 5 heteroatoms. The van der Waals surface area contributed by atoms with Crippen molar-refractivity contribution in [3.8, 4) is 0 Å². The van der Waals surface area contributed by atoms with E-state index in [1.165, 1.54) is 0 Å². The van der Waals surface area contributed by atoms with Gasteiger partial charge in [-0.25, -0.2) is 4.90 Å². The summed E-state index contributed by atoms with van der Waals surface area (Å²) >= 11 is 6.00. The second-order valence-electron chi connectivity index (χ2n) is 4.65. The van der Waals surface area contributed by atoms with Gasteiger partial charge in [0.2, 0.25) is 0 Å². The van der Waals surface area contributed by atoms with Crippen LogP contribution < -0.4 is 10.6 Å². The summed E-state index contributed by atoms with van der Waals surface area (Å²) in [6, 6.07) is 9.95. The molecule has 2 aromatic carbocycles. The molecule has 0 saturated carbocycles. The number of hydrogen-bond acceptors (Lipinski definition) is 3. The third-order valence-corrected chi connectivity index (χ3v) is 3.68. The number of imide groups is 1. The molecule has 20 heavy (non-hydrogen) atoms. The number of rotatable bonds is 1. The second kappa shape index (κ2) is 4.35. The molecule has 1 aliphatic rings. The minimum atomic E-state index is -0.338. The van der Waals surface area contributed by atoms with Gasteiger partial charge in [0.1, 0.15) is 0 Å². The molecule has 0 spiro atoms. The predicted molar refractivity (Wildman–Crippen MR) is 78.2 cm³/mol. The molecule has 1 heterocycles. The summed E-state index contributed by atoms with van der Waals surface area (Å²) in [7, 11) is 0. The largest absolute Gasteiger partial charge is 0.398 e. The quantitative estimate of drug-likeness (QED) is 0.647. The van der Waals surface area contributed by atoms with Gasteiger partial charge in [0, 0.05) is 0 Å². The van der Waals surface area contributed by atoms with E-state index in [-0.39, 0.29) is 11.8 Å². The van der Waals surface area contributed by atoms with E-state index in [1.807, 2.05) is 0 Å². The lowest BCUT2D eigenvalue weighted by Gasteiger charge is -2.17. The van der Waals surface area contributed by atoms with E-state index in [0.29, 0.717) is 27.5 Å². The number of amides is 2. The van der Waals surface area contributed by atoms with E-state index in [2.05, 4.69) is 0 Å². The SMILES string of the molecule is Cc1cc(N)c(Cl)cc1N1C(=O)c2ccccc2C1=O. The van der Waals surface area contributed by atoms with Crippen LogP contribution in [0.2, 0.25) is 5.02 Å². The highest BCUT2D eigenvalue weighted by atomic mass is 35.5. The zero-order chi connectivity index (χ0) is 14.4. The number of nitrogen functional groups attached to an aromatic ring is 1. The number of carbonyl (C=O) groups is 2. The zero-order valence-electron chi connectivity index (χ0n) is 10.7. The lowest BCUT2D eigenvalue weighted by molar-refractivity contribution is 0.0926. The molecule has 0 fully saturated rings. The van der Waals surface area contributed by atoms with Gasteiger partial charge in [0.25, 0.3) is 11.8 Å². The molecule has 0 atom stereocenters. The van der Waals surface area contributed by atoms with Crippen molar-refractivity contribution in [1.82, 2.24) is 0 Å². The highest BCUT2D eigenvalue weighted by Gasteiger charge is 2.37. The third kappa shape index (κ3) is 1.69. The van der Waals surface area contributed by atoms with Crippen LogP contribution in [0.1, 0.15) is 26.3 Å². The maximum absolute atomic E-state index is 12.4. The van der Waals surface area contributed by atoms with Crippen LogP contribution in [0.5, 0.6) is 0 Å². The van der Waals surface area contributed by atoms with Crippen LogP contribution in [0, 0.1) is 6.92 Å². The lowest BCUT2D eigenvalue weighted by atomic mass is 10.1. The van der Waals surface area contributed by atoms with Gasteiger partial charge in [-0.05, 0) is 36.8 Å². The number of benzene rings is 2. The summed E-state index contributed by atoms with van der Waals surface area (Å²) in [4.78, 5) is 25.9. The van der Waals surface area contributed by atoms with Crippen LogP contribution in [0.25, 0.3) is 0 Å².